The lowest BCUT2D eigenvalue weighted by Gasteiger charge is -2.21. The lowest BCUT2D eigenvalue weighted by Crippen LogP contribution is -2.10. The quantitative estimate of drug-likeness (QED) is 0.419. The molecule has 2 bridgehead atoms. The fourth-order valence-electron chi connectivity index (χ4n) is 4.83. The van der Waals surface area contributed by atoms with Gasteiger partial charge in [0.25, 0.3) is 0 Å². The zero-order valence-corrected chi connectivity index (χ0v) is 19.6. The fourth-order valence-corrected chi connectivity index (χ4v) is 4.83. The van der Waals surface area contributed by atoms with Crippen molar-refractivity contribution >= 4 is 5.82 Å². The smallest absolute Gasteiger partial charge is 0.333 e. The summed E-state index contributed by atoms with van der Waals surface area (Å²) in [4.78, 5) is 4.42. The second-order valence-electron chi connectivity index (χ2n) is 9.54. The third-order valence-corrected chi connectivity index (χ3v) is 6.79. The third kappa shape index (κ3) is 3.94. The van der Waals surface area contributed by atoms with Gasteiger partial charge in [-0.25, -0.2) is 9.67 Å². The van der Waals surface area contributed by atoms with Crippen LogP contribution in [0.4, 0.5) is 14.6 Å². The highest BCUT2D eigenvalue weighted by molar-refractivity contribution is 5.72. The van der Waals surface area contributed by atoms with Crippen LogP contribution < -0.4 is 10.5 Å². The van der Waals surface area contributed by atoms with Crippen LogP contribution in [-0.2, 0) is 13.0 Å². The molecular weight excluding hydrogens is 450 g/mol. The van der Waals surface area contributed by atoms with Gasteiger partial charge in [0.1, 0.15) is 6.10 Å². The minimum atomic E-state index is -2.74. The van der Waals surface area contributed by atoms with Crippen molar-refractivity contribution in [2.75, 3.05) is 5.73 Å². The SMILES string of the molecule is Cc1ccc2c(c1)[C@@H](C)Oc1cc(cnc1N)-c1c(cnn1CC1CC1)Cc1cn(C(F)F)nc1-2. The number of nitrogen functional groups attached to an aromatic ring is 1. The molecule has 180 valence electrons. The standard InChI is InChI=1S/C26H26F2N6O/c1-14-3-6-20-21(7-14)15(2)35-22-9-18(10-30-25(22)29)24-17(11-31-33(24)12-16-4-5-16)8-19-13-34(26(27)28)32-23(19)20/h3,6-7,9-11,13,15-16,26H,4-5,8,12H2,1-2H3,(H2,29,30)/t15-/m1/s1. The lowest BCUT2D eigenvalue weighted by atomic mass is 9.93. The first-order valence-electron chi connectivity index (χ1n) is 11.8. The number of nitrogens with two attached hydrogens (primary N) is 1. The maximum atomic E-state index is 13.7. The number of ether oxygens (including phenoxy) is 1. The van der Waals surface area contributed by atoms with Crippen molar-refractivity contribution in [3.63, 3.8) is 0 Å². The Kier molecular flexibility index (Phi) is 5.09. The van der Waals surface area contributed by atoms with Crippen molar-refractivity contribution in [2.45, 2.75) is 52.3 Å². The number of aryl methyl sites for hydroxylation is 1. The summed E-state index contributed by atoms with van der Waals surface area (Å²) < 4.78 is 36.5. The zero-order chi connectivity index (χ0) is 24.3. The molecule has 2 N–H and O–H groups in total. The van der Waals surface area contributed by atoms with Crippen molar-refractivity contribution in [2.24, 2.45) is 5.92 Å². The van der Waals surface area contributed by atoms with Crippen LogP contribution in [0.15, 0.2) is 42.9 Å². The van der Waals surface area contributed by atoms with E-state index in [0.29, 0.717) is 35.2 Å². The van der Waals surface area contributed by atoms with Gasteiger partial charge >= 0.3 is 6.55 Å². The molecule has 7 nitrogen and oxygen atoms in total. The van der Waals surface area contributed by atoms with Crippen LogP contribution in [-0.4, -0.2) is 24.5 Å². The molecule has 1 aliphatic carbocycles. The molecule has 0 spiro atoms. The molecule has 0 radical (unpaired) electrons. The molecule has 35 heavy (non-hydrogen) atoms. The number of aromatic nitrogens is 5. The summed E-state index contributed by atoms with van der Waals surface area (Å²) >= 11 is 0. The van der Waals surface area contributed by atoms with Crippen molar-refractivity contribution in [3.8, 4) is 28.3 Å². The van der Waals surface area contributed by atoms with Crippen molar-refractivity contribution in [1.29, 1.82) is 0 Å². The van der Waals surface area contributed by atoms with E-state index < -0.39 is 12.7 Å². The number of fused-ring (bicyclic) bond motifs is 7. The Morgan fingerprint density at radius 2 is 2.00 bits per heavy atom. The summed E-state index contributed by atoms with van der Waals surface area (Å²) in [5.74, 6) is 1.38. The average Bonchev–Trinajstić information content (AvgIpc) is 3.41. The normalized spacial score (nSPS) is 17.1. The molecule has 6 rings (SSSR count). The number of rotatable bonds is 3. The van der Waals surface area contributed by atoms with E-state index in [1.54, 1.807) is 6.20 Å². The van der Waals surface area contributed by atoms with Gasteiger partial charge in [0.2, 0.25) is 0 Å². The molecule has 9 heteroatoms. The minimum Gasteiger partial charge on any atom is -0.482 e. The molecule has 1 atom stereocenters. The first-order chi connectivity index (χ1) is 16.9. The Morgan fingerprint density at radius 1 is 1.17 bits per heavy atom. The van der Waals surface area contributed by atoms with Gasteiger partial charge in [0.15, 0.2) is 11.6 Å². The second-order valence-corrected chi connectivity index (χ2v) is 9.54. The molecule has 4 heterocycles. The monoisotopic (exact) mass is 476 g/mol. The van der Waals surface area contributed by atoms with Crippen LogP contribution in [0, 0.1) is 12.8 Å². The molecule has 2 aliphatic rings. The van der Waals surface area contributed by atoms with Gasteiger partial charge < -0.3 is 10.5 Å². The summed E-state index contributed by atoms with van der Waals surface area (Å²) in [6.45, 7) is 1.97. The van der Waals surface area contributed by atoms with E-state index in [0.717, 1.165) is 44.7 Å². The highest BCUT2D eigenvalue weighted by Crippen LogP contribution is 2.40. The van der Waals surface area contributed by atoms with E-state index in [-0.39, 0.29) is 0 Å². The summed E-state index contributed by atoms with van der Waals surface area (Å²) in [5, 5.41) is 8.99. The summed E-state index contributed by atoms with van der Waals surface area (Å²) in [7, 11) is 0. The van der Waals surface area contributed by atoms with Crippen molar-refractivity contribution in [3.05, 3.63) is 65.1 Å². The molecule has 4 aromatic rings. The lowest BCUT2D eigenvalue weighted by molar-refractivity contribution is 0.0567. The highest BCUT2D eigenvalue weighted by Gasteiger charge is 2.28. The summed E-state index contributed by atoms with van der Waals surface area (Å²) in [6, 6.07) is 7.79. The van der Waals surface area contributed by atoms with E-state index in [1.165, 1.54) is 19.0 Å². The molecule has 3 aromatic heterocycles. The van der Waals surface area contributed by atoms with E-state index in [1.807, 2.05) is 49.0 Å². The fraction of sp³-hybridized carbons (Fsp3) is 0.346. The Morgan fingerprint density at radius 3 is 2.77 bits per heavy atom. The summed E-state index contributed by atoms with van der Waals surface area (Å²) in [5.41, 5.74) is 12.7. The van der Waals surface area contributed by atoms with Crippen molar-refractivity contribution < 1.29 is 13.5 Å². The van der Waals surface area contributed by atoms with E-state index in [2.05, 4.69) is 15.2 Å². The van der Waals surface area contributed by atoms with E-state index >= 15 is 0 Å². The Labute approximate surface area is 201 Å². The van der Waals surface area contributed by atoms with Crippen LogP contribution in [0.5, 0.6) is 5.75 Å². The van der Waals surface area contributed by atoms with E-state index in [9.17, 15) is 8.78 Å². The number of nitrogens with zero attached hydrogens (tertiary/aromatic N) is 5. The molecule has 1 saturated carbocycles. The molecule has 1 fully saturated rings. The van der Waals surface area contributed by atoms with Gasteiger partial charge in [-0.05, 0) is 38.7 Å². The molecule has 0 saturated heterocycles. The highest BCUT2D eigenvalue weighted by atomic mass is 19.3. The van der Waals surface area contributed by atoms with Gasteiger partial charge in [-0.2, -0.15) is 19.0 Å². The second kappa shape index (κ2) is 8.18. The number of halogens is 2. The first-order valence-corrected chi connectivity index (χ1v) is 11.8. The van der Waals surface area contributed by atoms with Crippen LogP contribution in [0.2, 0.25) is 0 Å². The molecular formula is C26H26F2N6O. The van der Waals surface area contributed by atoms with Crippen LogP contribution in [0.25, 0.3) is 22.5 Å². The van der Waals surface area contributed by atoms with Crippen LogP contribution in [0.1, 0.15) is 54.7 Å². The number of anilines is 1. The average molecular weight is 477 g/mol. The number of pyridine rings is 1. The Balaban J connectivity index is 1.60. The Bertz CT molecular complexity index is 1420. The van der Waals surface area contributed by atoms with Crippen molar-refractivity contribution in [1.82, 2.24) is 24.5 Å². The largest absolute Gasteiger partial charge is 0.482 e. The third-order valence-electron chi connectivity index (χ3n) is 6.79. The molecule has 1 aromatic carbocycles. The Hall–Kier alpha value is -3.75. The first kappa shape index (κ1) is 21.8. The number of alkyl halides is 2. The minimum absolute atomic E-state index is 0.296. The number of benzene rings is 1. The maximum absolute atomic E-state index is 13.7. The predicted molar refractivity (Wildman–Crippen MR) is 128 cm³/mol. The maximum Gasteiger partial charge on any atom is 0.333 e. The topological polar surface area (TPSA) is 83.8 Å². The molecule has 0 unspecified atom stereocenters. The van der Waals surface area contributed by atoms with Crippen LogP contribution >= 0.6 is 0 Å². The van der Waals surface area contributed by atoms with E-state index in [4.69, 9.17) is 10.5 Å². The molecule has 0 amide bonds. The summed E-state index contributed by atoms with van der Waals surface area (Å²) in [6.07, 6.45) is 7.35. The zero-order valence-electron chi connectivity index (χ0n) is 19.6. The van der Waals surface area contributed by atoms with Crippen LogP contribution in [0.3, 0.4) is 0 Å². The predicted octanol–water partition coefficient (Wildman–Crippen LogP) is 5.55. The van der Waals surface area contributed by atoms with Gasteiger partial charge in [-0.1, -0.05) is 23.8 Å². The van der Waals surface area contributed by atoms with Gasteiger partial charge in [-0.15, -0.1) is 0 Å². The molecule has 1 aliphatic heterocycles. The van der Waals surface area contributed by atoms with Gasteiger partial charge in [0, 0.05) is 53.2 Å². The van der Waals surface area contributed by atoms with Gasteiger partial charge in [0.05, 0.1) is 17.6 Å². The number of hydrogen-bond donors (Lipinski definition) is 1. The number of hydrogen-bond acceptors (Lipinski definition) is 5. The van der Waals surface area contributed by atoms with Gasteiger partial charge in [-0.3, -0.25) is 4.68 Å².